The number of hydrogen-bond acceptors (Lipinski definition) is 4. The molecule has 0 fully saturated rings. The number of aryl methyl sites for hydroxylation is 2. The molecule has 3 rings (SSSR count). The number of carbonyl (C=O) groups is 1. The molecule has 0 aliphatic rings. The number of rotatable bonds is 6. The van der Waals surface area contributed by atoms with E-state index in [4.69, 9.17) is 0 Å². The van der Waals surface area contributed by atoms with Crippen LogP contribution in [0, 0.1) is 13.8 Å². The smallest absolute Gasteiger partial charge is 0.225 e. The minimum atomic E-state index is -0.00344. The zero-order valence-electron chi connectivity index (χ0n) is 14.3. The monoisotopic (exact) mass is 352 g/mol. The van der Waals surface area contributed by atoms with Gasteiger partial charge in [-0.15, -0.1) is 10.2 Å². The third-order valence-electron chi connectivity index (χ3n) is 3.75. The van der Waals surface area contributed by atoms with Crippen LogP contribution in [0.2, 0.25) is 0 Å². The van der Waals surface area contributed by atoms with Crippen molar-refractivity contribution < 1.29 is 4.79 Å². The molecule has 0 aliphatic carbocycles. The second kappa shape index (κ2) is 7.98. The van der Waals surface area contributed by atoms with E-state index in [1.165, 1.54) is 22.9 Å². The highest BCUT2D eigenvalue weighted by molar-refractivity contribution is 7.99. The molecule has 6 heteroatoms. The van der Waals surface area contributed by atoms with Crippen molar-refractivity contribution >= 4 is 23.4 Å². The minimum Gasteiger partial charge on any atom is -0.326 e. The Morgan fingerprint density at radius 3 is 2.72 bits per heavy atom. The molecule has 0 saturated heterocycles. The Balaban J connectivity index is 1.59. The summed E-state index contributed by atoms with van der Waals surface area (Å²) >= 11 is 1.53. The van der Waals surface area contributed by atoms with Crippen LogP contribution in [0.5, 0.6) is 0 Å². The van der Waals surface area contributed by atoms with Crippen LogP contribution in [-0.4, -0.2) is 26.4 Å². The van der Waals surface area contributed by atoms with Crippen LogP contribution in [0.1, 0.15) is 17.5 Å². The summed E-state index contributed by atoms with van der Waals surface area (Å²) in [5.74, 6) is 0.638. The van der Waals surface area contributed by atoms with Crippen molar-refractivity contribution in [3.8, 4) is 5.69 Å². The van der Waals surface area contributed by atoms with E-state index < -0.39 is 0 Å². The van der Waals surface area contributed by atoms with Crippen molar-refractivity contribution in [2.45, 2.75) is 25.4 Å². The molecule has 25 heavy (non-hydrogen) atoms. The molecule has 0 unspecified atom stereocenters. The van der Waals surface area contributed by atoms with Gasteiger partial charge in [-0.25, -0.2) is 0 Å². The van der Waals surface area contributed by atoms with Gasteiger partial charge in [-0.3, -0.25) is 9.36 Å². The SMILES string of the molecule is Cc1ccc(-n2cnnc2SCCC(=O)Nc2ccccc2)c(C)c1. The van der Waals surface area contributed by atoms with Crippen molar-refractivity contribution in [1.82, 2.24) is 14.8 Å². The van der Waals surface area contributed by atoms with Gasteiger partial charge in [0, 0.05) is 17.9 Å². The van der Waals surface area contributed by atoms with Crippen molar-refractivity contribution in [1.29, 1.82) is 0 Å². The summed E-state index contributed by atoms with van der Waals surface area (Å²) in [6, 6.07) is 15.8. The Kier molecular flexibility index (Phi) is 5.50. The van der Waals surface area contributed by atoms with Crippen LogP contribution in [0.4, 0.5) is 5.69 Å². The largest absolute Gasteiger partial charge is 0.326 e. The fourth-order valence-corrected chi connectivity index (χ4v) is 3.40. The second-order valence-corrected chi connectivity index (χ2v) is 6.85. The Morgan fingerprint density at radius 1 is 1.16 bits per heavy atom. The van der Waals surface area contributed by atoms with Crippen molar-refractivity contribution in [2.24, 2.45) is 0 Å². The highest BCUT2D eigenvalue weighted by Crippen LogP contribution is 2.23. The number of para-hydroxylation sites is 1. The number of thioether (sulfide) groups is 1. The summed E-state index contributed by atoms with van der Waals surface area (Å²) in [7, 11) is 0. The molecule has 1 heterocycles. The van der Waals surface area contributed by atoms with Gasteiger partial charge in [0.2, 0.25) is 5.91 Å². The number of anilines is 1. The molecule has 5 nitrogen and oxygen atoms in total. The van der Waals surface area contributed by atoms with Gasteiger partial charge < -0.3 is 5.32 Å². The van der Waals surface area contributed by atoms with E-state index in [0.29, 0.717) is 12.2 Å². The van der Waals surface area contributed by atoms with E-state index in [9.17, 15) is 4.79 Å². The van der Waals surface area contributed by atoms with Crippen LogP contribution in [0.15, 0.2) is 60.0 Å². The normalized spacial score (nSPS) is 10.6. The van der Waals surface area contributed by atoms with Crippen molar-refractivity contribution in [2.75, 3.05) is 11.1 Å². The molecule has 0 aliphatic heterocycles. The van der Waals surface area contributed by atoms with Crippen LogP contribution < -0.4 is 5.32 Å². The highest BCUT2D eigenvalue weighted by Gasteiger charge is 2.10. The van der Waals surface area contributed by atoms with Gasteiger partial charge in [-0.2, -0.15) is 0 Å². The molecule has 0 atom stereocenters. The number of nitrogens with zero attached hydrogens (tertiary/aromatic N) is 3. The average Bonchev–Trinajstić information content (AvgIpc) is 3.04. The standard InChI is InChI=1S/C19H20N4OS/c1-14-8-9-17(15(2)12-14)23-13-20-22-19(23)25-11-10-18(24)21-16-6-4-3-5-7-16/h3-9,12-13H,10-11H2,1-2H3,(H,21,24). The van der Waals surface area contributed by atoms with Gasteiger partial charge in [0.25, 0.3) is 0 Å². The predicted octanol–water partition coefficient (Wildman–Crippen LogP) is 4.01. The van der Waals surface area contributed by atoms with E-state index in [1.54, 1.807) is 6.33 Å². The van der Waals surface area contributed by atoms with Crippen LogP contribution in [0.3, 0.4) is 0 Å². The molecule has 0 saturated carbocycles. The number of carbonyl (C=O) groups excluding carboxylic acids is 1. The number of aromatic nitrogens is 3. The van der Waals surface area contributed by atoms with Crippen LogP contribution in [-0.2, 0) is 4.79 Å². The first kappa shape index (κ1) is 17.2. The maximum Gasteiger partial charge on any atom is 0.225 e. The third-order valence-corrected chi connectivity index (χ3v) is 4.69. The van der Waals surface area contributed by atoms with E-state index in [2.05, 4.69) is 47.6 Å². The third kappa shape index (κ3) is 4.48. The lowest BCUT2D eigenvalue weighted by atomic mass is 10.1. The molecule has 0 radical (unpaired) electrons. The molecule has 0 bridgehead atoms. The number of hydrogen-bond donors (Lipinski definition) is 1. The van der Waals surface area contributed by atoms with Crippen LogP contribution >= 0.6 is 11.8 Å². The fraction of sp³-hybridized carbons (Fsp3) is 0.211. The van der Waals surface area contributed by atoms with Gasteiger partial charge in [0.15, 0.2) is 5.16 Å². The molecule has 128 valence electrons. The molecule has 2 aromatic carbocycles. The molecule has 1 N–H and O–H groups in total. The Labute approximate surface area is 151 Å². The molecular weight excluding hydrogens is 332 g/mol. The zero-order chi connectivity index (χ0) is 17.6. The van der Waals surface area contributed by atoms with Crippen molar-refractivity contribution in [3.05, 3.63) is 66.0 Å². The van der Waals surface area contributed by atoms with E-state index >= 15 is 0 Å². The second-order valence-electron chi connectivity index (χ2n) is 5.79. The Bertz CT molecular complexity index is 861. The summed E-state index contributed by atoms with van der Waals surface area (Å²) in [5.41, 5.74) is 4.27. The van der Waals surface area contributed by atoms with E-state index in [0.717, 1.165) is 16.5 Å². The molecule has 0 spiro atoms. The lowest BCUT2D eigenvalue weighted by molar-refractivity contribution is -0.115. The first-order valence-corrected chi connectivity index (χ1v) is 9.07. The fourth-order valence-electron chi connectivity index (χ4n) is 2.54. The number of nitrogens with one attached hydrogen (secondary N) is 1. The lowest BCUT2D eigenvalue weighted by Crippen LogP contribution is -2.12. The summed E-state index contributed by atoms with van der Waals surface area (Å²) in [6.45, 7) is 4.15. The first-order valence-electron chi connectivity index (χ1n) is 8.09. The van der Waals surface area contributed by atoms with Gasteiger partial charge in [0.05, 0.1) is 5.69 Å². The molecule has 3 aromatic rings. The summed E-state index contributed by atoms with van der Waals surface area (Å²) < 4.78 is 1.97. The van der Waals surface area contributed by atoms with Gasteiger partial charge in [-0.1, -0.05) is 47.7 Å². The first-order chi connectivity index (χ1) is 12.1. The van der Waals surface area contributed by atoms with Gasteiger partial charge in [0.1, 0.15) is 6.33 Å². The number of benzene rings is 2. The summed E-state index contributed by atoms with van der Waals surface area (Å²) in [4.78, 5) is 12.0. The van der Waals surface area contributed by atoms with E-state index in [-0.39, 0.29) is 5.91 Å². The maximum absolute atomic E-state index is 12.0. The maximum atomic E-state index is 12.0. The van der Waals surface area contributed by atoms with Crippen molar-refractivity contribution in [3.63, 3.8) is 0 Å². The average molecular weight is 352 g/mol. The van der Waals surface area contributed by atoms with Gasteiger partial charge in [-0.05, 0) is 37.6 Å². The zero-order valence-corrected chi connectivity index (χ0v) is 15.1. The predicted molar refractivity (Wildman–Crippen MR) is 101 cm³/mol. The topological polar surface area (TPSA) is 59.8 Å². The Morgan fingerprint density at radius 2 is 1.96 bits per heavy atom. The number of amides is 1. The molecule has 1 amide bonds. The van der Waals surface area contributed by atoms with Gasteiger partial charge >= 0.3 is 0 Å². The minimum absolute atomic E-state index is 0.00344. The Hall–Kier alpha value is -2.60. The summed E-state index contributed by atoms with van der Waals surface area (Å²) in [5, 5.41) is 11.9. The lowest BCUT2D eigenvalue weighted by Gasteiger charge is -2.10. The van der Waals surface area contributed by atoms with E-state index in [1.807, 2.05) is 34.9 Å². The quantitative estimate of drug-likeness (QED) is 0.681. The summed E-state index contributed by atoms with van der Waals surface area (Å²) in [6.07, 6.45) is 2.13. The highest BCUT2D eigenvalue weighted by atomic mass is 32.2. The van der Waals surface area contributed by atoms with Crippen LogP contribution in [0.25, 0.3) is 5.69 Å². The molecular formula is C19H20N4OS. The molecule has 1 aromatic heterocycles.